The van der Waals surface area contributed by atoms with Crippen molar-refractivity contribution in [3.8, 4) is 0 Å². The smallest absolute Gasteiger partial charge is 0.318 e. The van der Waals surface area contributed by atoms with Crippen LogP contribution in [0.15, 0.2) is 4.42 Å². The van der Waals surface area contributed by atoms with Crippen LogP contribution in [0.2, 0.25) is 0 Å². The Balaban J connectivity index is 2.65. The molecule has 0 fully saturated rings. The molecule has 7 heteroatoms. The van der Waals surface area contributed by atoms with Gasteiger partial charge in [-0.25, -0.2) is 0 Å². The number of amides is 1. The predicted molar refractivity (Wildman–Crippen MR) is 68.0 cm³/mol. The lowest BCUT2D eigenvalue weighted by Crippen LogP contribution is -2.38. The fourth-order valence-electron chi connectivity index (χ4n) is 1.44. The number of rotatable bonds is 8. The maximum Gasteiger partial charge on any atom is 0.318 e. The number of carbonyl (C=O) groups excluding carboxylic acids is 1. The minimum Gasteiger partial charge on any atom is -0.407 e. The number of anilines is 1. The molecule has 1 amide bonds. The van der Waals surface area contributed by atoms with Crippen molar-refractivity contribution in [3.63, 3.8) is 0 Å². The first-order valence-corrected chi connectivity index (χ1v) is 6.12. The molecule has 1 aromatic heterocycles. The molecule has 0 spiro atoms. The van der Waals surface area contributed by atoms with Gasteiger partial charge in [0.05, 0.1) is 6.54 Å². The van der Waals surface area contributed by atoms with Crippen LogP contribution in [0, 0.1) is 0 Å². The van der Waals surface area contributed by atoms with Crippen molar-refractivity contribution in [3.05, 3.63) is 5.89 Å². The lowest BCUT2D eigenvalue weighted by Gasteiger charge is -2.22. The van der Waals surface area contributed by atoms with Crippen molar-refractivity contribution >= 4 is 11.9 Å². The van der Waals surface area contributed by atoms with Crippen molar-refractivity contribution in [2.75, 3.05) is 18.0 Å². The molecule has 0 radical (unpaired) electrons. The summed E-state index contributed by atoms with van der Waals surface area (Å²) in [5.41, 5.74) is 5.19. The number of nitrogens with one attached hydrogen (secondary N) is 1. The summed E-state index contributed by atoms with van der Waals surface area (Å²) in [4.78, 5) is 12.7. The van der Waals surface area contributed by atoms with Crippen LogP contribution in [0.4, 0.5) is 6.01 Å². The largest absolute Gasteiger partial charge is 0.407 e. The second kappa shape index (κ2) is 6.95. The van der Waals surface area contributed by atoms with Crippen LogP contribution >= 0.6 is 0 Å². The van der Waals surface area contributed by atoms with E-state index in [1.165, 1.54) is 0 Å². The highest BCUT2D eigenvalue weighted by Crippen LogP contribution is 2.14. The van der Waals surface area contributed by atoms with Gasteiger partial charge in [0.25, 0.3) is 0 Å². The van der Waals surface area contributed by atoms with Gasteiger partial charge in [0, 0.05) is 6.04 Å². The molecule has 7 nitrogen and oxygen atoms in total. The third-order valence-corrected chi connectivity index (χ3v) is 2.35. The van der Waals surface area contributed by atoms with Gasteiger partial charge < -0.3 is 20.4 Å². The molecule has 0 aliphatic heterocycles. The summed E-state index contributed by atoms with van der Waals surface area (Å²) in [5.74, 6) is 0.0844. The fraction of sp³-hybridized carbons (Fsp3) is 0.727. The minimum atomic E-state index is -0.424. The molecule has 0 bridgehead atoms. The first kappa shape index (κ1) is 14.4. The molecular formula is C11H21N5O2. The first-order chi connectivity index (χ1) is 8.54. The molecule has 0 aliphatic rings. The number of carbonyl (C=O) groups is 1. The monoisotopic (exact) mass is 255 g/mol. The SMILES string of the molecule is CCCNCc1nnc(N(CC(N)=O)C(C)C)o1. The van der Waals surface area contributed by atoms with Gasteiger partial charge in [0.2, 0.25) is 11.8 Å². The molecular weight excluding hydrogens is 234 g/mol. The molecule has 102 valence electrons. The van der Waals surface area contributed by atoms with E-state index in [1.54, 1.807) is 4.90 Å². The van der Waals surface area contributed by atoms with Crippen LogP contribution in [0.25, 0.3) is 0 Å². The molecule has 0 aromatic carbocycles. The van der Waals surface area contributed by atoms with E-state index in [0.717, 1.165) is 13.0 Å². The van der Waals surface area contributed by atoms with Crippen molar-refractivity contribution in [1.82, 2.24) is 15.5 Å². The van der Waals surface area contributed by atoms with Crippen LogP contribution in [-0.4, -0.2) is 35.2 Å². The third-order valence-electron chi connectivity index (χ3n) is 2.35. The summed E-state index contributed by atoms with van der Waals surface area (Å²) in [6.07, 6.45) is 1.04. The van der Waals surface area contributed by atoms with E-state index in [-0.39, 0.29) is 12.6 Å². The van der Waals surface area contributed by atoms with Crippen molar-refractivity contribution < 1.29 is 9.21 Å². The second-order valence-corrected chi connectivity index (χ2v) is 4.34. The van der Waals surface area contributed by atoms with E-state index >= 15 is 0 Å². The van der Waals surface area contributed by atoms with Gasteiger partial charge in [0.1, 0.15) is 6.54 Å². The molecule has 1 heterocycles. The number of hydrogen-bond donors (Lipinski definition) is 2. The summed E-state index contributed by atoms with van der Waals surface area (Å²) in [7, 11) is 0. The average Bonchev–Trinajstić information content (AvgIpc) is 2.74. The Morgan fingerprint density at radius 1 is 1.50 bits per heavy atom. The van der Waals surface area contributed by atoms with Gasteiger partial charge in [-0.1, -0.05) is 12.0 Å². The Kier molecular flexibility index (Phi) is 5.57. The number of primary amides is 1. The summed E-state index contributed by atoms with van der Waals surface area (Å²) < 4.78 is 5.49. The highest BCUT2D eigenvalue weighted by atomic mass is 16.4. The van der Waals surface area contributed by atoms with E-state index in [0.29, 0.717) is 18.5 Å². The quantitative estimate of drug-likeness (QED) is 0.647. The van der Waals surface area contributed by atoms with E-state index in [2.05, 4.69) is 22.4 Å². The molecule has 0 atom stereocenters. The van der Waals surface area contributed by atoms with E-state index < -0.39 is 5.91 Å². The Morgan fingerprint density at radius 2 is 2.22 bits per heavy atom. The molecule has 18 heavy (non-hydrogen) atoms. The zero-order chi connectivity index (χ0) is 13.5. The van der Waals surface area contributed by atoms with Crippen molar-refractivity contribution in [2.45, 2.75) is 39.8 Å². The van der Waals surface area contributed by atoms with Gasteiger partial charge in [-0.05, 0) is 26.8 Å². The van der Waals surface area contributed by atoms with Gasteiger partial charge >= 0.3 is 6.01 Å². The molecule has 1 aromatic rings. The Hall–Kier alpha value is -1.63. The maximum absolute atomic E-state index is 11.0. The normalized spacial score (nSPS) is 10.9. The summed E-state index contributed by atoms with van der Waals surface area (Å²) in [6.45, 7) is 7.45. The minimum absolute atomic E-state index is 0.0643. The number of aromatic nitrogens is 2. The lowest BCUT2D eigenvalue weighted by atomic mass is 10.3. The van der Waals surface area contributed by atoms with E-state index in [4.69, 9.17) is 10.2 Å². The van der Waals surface area contributed by atoms with Gasteiger partial charge in [-0.15, -0.1) is 5.10 Å². The summed E-state index contributed by atoms with van der Waals surface area (Å²) in [5, 5.41) is 11.0. The Bertz CT molecular complexity index is 377. The van der Waals surface area contributed by atoms with E-state index in [9.17, 15) is 4.79 Å². The second-order valence-electron chi connectivity index (χ2n) is 4.34. The van der Waals surface area contributed by atoms with Crippen molar-refractivity contribution in [1.29, 1.82) is 0 Å². The van der Waals surface area contributed by atoms with Crippen LogP contribution in [0.1, 0.15) is 33.1 Å². The molecule has 0 unspecified atom stereocenters. The molecule has 1 rings (SSSR count). The predicted octanol–water partition coefficient (Wildman–Crippen LogP) is 0.269. The van der Waals surface area contributed by atoms with E-state index in [1.807, 2.05) is 13.8 Å². The van der Waals surface area contributed by atoms with Crippen LogP contribution in [0.3, 0.4) is 0 Å². The number of nitrogens with two attached hydrogens (primary N) is 1. The Labute approximate surface area is 107 Å². The van der Waals surface area contributed by atoms with Gasteiger partial charge in [0.15, 0.2) is 0 Å². The zero-order valence-electron chi connectivity index (χ0n) is 11.1. The third kappa shape index (κ3) is 4.33. The summed E-state index contributed by atoms with van der Waals surface area (Å²) >= 11 is 0. The average molecular weight is 255 g/mol. The first-order valence-electron chi connectivity index (χ1n) is 6.12. The standard InChI is InChI=1S/C11H21N5O2/c1-4-5-13-6-10-14-15-11(18-10)16(8(2)3)7-9(12)17/h8,13H,4-7H2,1-3H3,(H2,12,17). The fourth-order valence-corrected chi connectivity index (χ4v) is 1.44. The Morgan fingerprint density at radius 3 is 2.78 bits per heavy atom. The highest BCUT2D eigenvalue weighted by Gasteiger charge is 2.19. The van der Waals surface area contributed by atoms with Gasteiger partial charge in [-0.3, -0.25) is 4.79 Å². The topological polar surface area (TPSA) is 97.3 Å². The van der Waals surface area contributed by atoms with Crippen LogP contribution in [0.5, 0.6) is 0 Å². The highest BCUT2D eigenvalue weighted by molar-refractivity contribution is 5.78. The van der Waals surface area contributed by atoms with Crippen molar-refractivity contribution in [2.24, 2.45) is 5.73 Å². The molecule has 0 aliphatic carbocycles. The van der Waals surface area contributed by atoms with Crippen LogP contribution in [-0.2, 0) is 11.3 Å². The molecule has 3 N–H and O–H groups in total. The summed E-state index contributed by atoms with van der Waals surface area (Å²) in [6, 6.07) is 0.395. The number of hydrogen-bond acceptors (Lipinski definition) is 6. The zero-order valence-corrected chi connectivity index (χ0v) is 11.1. The number of nitrogens with zero attached hydrogens (tertiary/aromatic N) is 3. The molecule has 0 saturated heterocycles. The molecule has 0 saturated carbocycles. The maximum atomic E-state index is 11.0. The van der Waals surface area contributed by atoms with Crippen LogP contribution < -0.4 is 16.0 Å². The van der Waals surface area contributed by atoms with Gasteiger partial charge in [-0.2, -0.15) is 0 Å². The lowest BCUT2D eigenvalue weighted by molar-refractivity contribution is -0.116.